The number of halogens is 3. The maximum absolute atomic E-state index is 13.0. The molecule has 0 radical (unpaired) electrons. The van der Waals surface area contributed by atoms with Crippen LogP contribution in [0.15, 0.2) is 60.0 Å². The number of alkyl halides is 3. The van der Waals surface area contributed by atoms with E-state index in [1.54, 1.807) is 32.2 Å². The molecule has 3 rings (SSSR count). The predicted octanol–water partition coefficient (Wildman–Crippen LogP) is 6.50. The monoisotopic (exact) mass is 433 g/mol. The van der Waals surface area contributed by atoms with Crippen LogP contribution in [0.4, 0.5) is 13.2 Å². The molecule has 0 aliphatic rings. The van der Waals surface area contributed by atoms with Crippen LogP contribution in [0.25, 0.3) is 11.3 Å². The lowest BCUT2D eigenvalue weighted by atomic mass is 9.99. The average Bonchev–Trinajstić information content (AvgIpc) is 3.15. The van der Waals surface area contributed by atoms with Crippen LogP contribution in [0.1, 0.15) is 42.8 Å². The molecule has 0 N–H and O–H groups in total. The van der Waals surface area contributed by atoms with Gasteiger partial charge in [-0.25, -0.2) is 4.98 Å². The number of nitrogens with zero attached hydrogens (tertiary/aromatic N) is 1. The second kappa shape index (κ2) is 8.60. The van der Waals surface area contributed by atoms with E-state index in [2.05, 4.69) is 4.98 Å². The maximum Gasteiger partial charge on any atom is 0.416 e. The number of benzene rings is 2. The number of rotatable bonds is 5. The summed E-state index contributed by atoms with van der Waals surface area (Å²) in [7, 11) is 0. The average molecular weight is 433 g/mol. The molecule has 0 amide bonds. The summed E-state index contributed by atoms with van der Waals surface area (Å²) in [6.07, 6.45) is -4.04. The first-order valence-electron chi connectivity index (χ1n) is 9.43. The van der Waals surface area contributed by atoms with Crippen molar-refractivity contribution in [3.63, 3.8) is 0 Å². The summed E-state index contributed by atoms with van der Waals surface area (Å²) in [6, 6.07) is 14.5. The highest BCUT2D eigenvalue weighted by Crippen LogP contribution is 2.34. The Morgan fingerprint density at radius 3 is 2.40 bits per heavy atom. The summed E-state index contributed by atoms with van der Waals surface area (Å²) in [5.41, 5.74) is 0.317. The molecule has 3 aromatic rings. The van der Waals surface area contributed by atoms with Crippen molar-refractivity contribution in [2.75, 3.05) is 0 Å². The Labute approximate surface area is 177 Å². The van der Waals surface area contributed by atoms with Gasteiger partial charge in [0, 0.05) is 10.9 Å². The van der Waals surface area contributed by atoms with Gasteiger partial charge in [-0.05, 0) is 44.9 Å². The Balaban J connectivity index is 1.93. The van der Waals surface area contributed by atoms with Gasteiger partial charge in [-0.3, -0.25) is 4.79 Å². The highest BCUT2D eigenvalue weighted by Gasteiger charge is 2.32. The summed E-state index contributed by atoms with van der Waals surface area (Å²) >= 11 is 1.25. The number of carbonyl (C=O) groups is 1. The van der Waals surface area contributed by atoms with Gasteiger partial charge in [-0.15, -0.1) is 11.3 Å². The zero-order chi connectivity index (χ0) is 21.9. The van der Waals surface area contributed by atoms with Gasteiger partial charge in [0.05, 0.1) is 11.3 Å². The van der Waals surface area contributed by atoms with Crippen molar-refractivity contribution in [2.45, 2.75) is 44.9 Å². The highest BCUT2D eigenvalue weighted by molar-refractivity contribution is 7.10. The van der Waals surface area contributed by atoms with Crippen molar-refractivity contribution in [1.82, 2.24) is 4.98 Å². The first-order valence-corrected chi connectivity index (χ1v) is 10.3. The molecule has 2 aromatic carbocycles. The van der Waals surface area contributed by atoms with Gasteiger partial charge in [-0.2, -0.15) is 13.2 Å². The number of hydrogen-bond acceptors (Lipinski definition) is 4. The lowest BCUT2D eigenvalue weighted by molar-refractivity contribution is -0.156. The number of aromatic nitrogens is 1. The van der Waals surface area contributed by atoms with Gasteiger partial charge in [0.1, 0.15) is 16.5 Å². The van der Waals surface area contributed by atoms with Crippen LogP contribution in [0.2, 0.25) is 0 Å². The largest absolute Gasteiger partial charge is 0.459 e. The van der Waals surface area contributed by atoms with Gasteiger partial charge in [-0.1, -0.05) is 42.5 Å². The zero-order valence-electron chi connectivity index (χ0n) is 16.9. The minimum absolute atomic E-state index is 0.356. The van der Waals surface area contributed by atoms with Crippen molar-refractivity contribution in [3.8, 4) is 11.3 Å². The zero-order valence-corrected chi connectivity index (χ0v) is 17.7. The molecule has 3 nitrogen and oxygen atoms in total. The minimum atomic E-state index is -4.43. The fraction of sp³-hybridized carbons (Fsp3) is 0.304. The van der Waals surface area contributed by atoms with E-state index < -0.39 is 29.2 Å². The standard InChI is InChI=1S/C23H22F3NO2S/c1-22(2,3)29-21(28)18(12-15-8-5-4-6-9-15)20-27-19(14-30-20)16-10-7-11-17(13-16)23(24,25)26/h4-11,13-14,18H,12H2,1-3H3/t18-/m1/s1. The third kappa shape index (κ3) is 5.69. The van der Waals surface area contributed by atoms with Crippen LogP contribution < -0.4 is 0 Å². The Kier molecular flexibility index (Phi) is 6.31. The summed E-state index contributed by atoms with van der Waals surface area (Å²) in [5, 5.41) is 2.19. The molecule has 0 saturated heterocycles. The smallest absolute Gasteiger partial charge is 0.416 e. The third-order valence-corrected chi connectivity index (χ3v) is 5.24. The molecule has 1 atom stereocenters. The molecular formula is C23H22F3NO2S. The second-order valence-corrected chi connectivity index (χ2v) is 8.82. The molecule has 0 aliphatic heterocycles. The maximum atomic E-state index is 13.0. The van der Waals surface area contributed by atoms with Gasteiger partial charge < -0.3 is 4.74 Å². The first kappa shape index (κ1) is 22.0. The lowest BCUT2D eigenvalue weighted by Crippen LogP contribution is -2.28. The van der Waals surface area contributed by atoms with Crippen molar-refractivity contribution < 1.29 is 22.7 Å². The van der Waals surface area contributed by atoms with Gasteiger partial charge >= 0.3 is 12.1 Å². The second-order valence-electron chi connectivity index (χ2n) is 7.93. The molecule has 0 aliphatic carbocycles. The molecule has 30 heavy (non-hydrogen) atoms. The lowest BCUT2D eigenvalue weighted by Gasteiger charge is -2.23. The van der Waals surface area contributed by atoms with Crippen LogP contribution >= 0.6 is 11.3 Å². The Bertz CT molecular complexity index is 1010. The van der Waals surface area contributed by atoms with E-state index in [4.69, 9.17) is 4.74 Å². The van der Waals surface area contributed by atoms with E-state index in [0.29, 0.717) is 22.7 Å². The van der Waals surface area contributed by atoms with E-state index >= 15 is 0 Å². The molecule has 158 valence electrons. The predicted molar refractivity (Wildman–Crippen MR) is 111 cm³/mol. The Hall–Kier alpha value is -2.67. The summed E-state index contributed by atoms with van der Waals surface area (Å²) in [4.78, 5) is 17.4. The molecule has 0 unspecified atom stereocenters. The highest BCUT2D eigenvalue weighted by atomic mass is 32.1. The van der Waals surface area contributed by atoms with Crippen LogP contribution in [-0.2, 0) is 22.1 Å². The SMILES string of the molecule is CC(C)(C)OC(=O)[C@H](Cc1ccccc1)c1nc(-c2cccc(C(F)(F)F)c2)cs1. The van der Waals surface area contributed by atoms with Gasteiger partial charge in [0.2, 0.25) is 0 Å². The van der Waals surface area contributed by atoms with E-state index in [9.17, 15) is 18.0 Å². The van der Waals surface area contributed by atoms with Crippen molar-refractivity contribution in [1.29, 1.82) is 0 Å². The summed E-state index contributed by atoms with van der Waals surface area (Å²) in [6.45, 7) is 5.38. The first-order chi connectivity index (χ1) is 14.0. The number of hydrogen-bond donors (Lipinski definition) is 0. The van der Waals surface area contributed by atoms with Crippen molar-refractivity contribution >= 4 is 17.3 Å². The number of esters is 1. The van der Waals surface area contributed by atoms with Crippen molar-refractivity contribution in [3.05, 3.63) is 76.1 Å². The van der Waals surface area contributed by atoms with Crippen LogP contribution in [-0.4, -0.2) is 16.6 Å². The van der Waals surface area contributed by atoms with Gasteiger partial charge in [0.25, 0.3) is 0 Å². The number of carbonyl (C=O) groups excluding carboxylic acids is 1. The number of ether oxygens (including phenoxy) is 1. The molecular weight excluding hydrogens is 411 g/mol. The molecule has 0 fully saturated rings. The third-order valence-electron chi connectivity index (χ3n) is 4.28. The quantitative estimate of drug-likeness (QED) is 0.431. The van der Waals surface area contributed by atoms with Gasteiger partial charge in [0.15, 0.2) is 0 Å². The molecule has 1 aromatic heterocycles. The molecule has 7 heteroatoms. The normalized spacial score (nSPS) is 13.1. The van der Waals surface area contributed by atoms with Crippen molar-refractivity contribution in [2.24, 2.45) is 0 Å². The molecule has 0 bridgehead atoms. The van der Waals surface area contributed by atoms with Crippen LogP contribution in [0, 0.1) is 0 Å². The molecule has 0 spiro atoms. The van der Waals surface area contributed by atoms with E-state index in [1.165, 1.54) is 17.4 Å². The van der Waals surface area contributed by atoms with E-state index in [0.717, 1.165) is 17.7 Å². The molecule has 1 heterocycles. The Morgan fingerprint density at radius 2 is 1.77 bits per heavy atom. The minimum Gasteiger partial charge on any atom is -0.459 e. The topological polar surface area (TPSA) is 39.2 Å². The van der Waals surface area contributed by atoms with E-state index in [-0.39, 0.29) is 0 Å². The van der Waals surface area contributed by atoms with Crippen LogP contribution in [0.3, 0.4) is 0 Å². The summed E-state index contributed by atoms with van der Waals surface area (Å²) < 4.78 is 44.7. The Morgan fingerprint density at radius 1 is 1.07 bits per heavy atom. The van der Waals surface area contributed by atoms with E-state index in [1.807, 2.05) is 30.3 Å². The number of thiazole rings is 1. The van der Waals surface area contributed by atoms with Crippen LogP contribution in [0.5, 0.6) is 0 Å². The fourth-order valence-corrected chi connectivity index (χ4v) is 3.85. The summed E-state index contributed by atoms with van der Waals surface area (Å²) in [5.74, 6) is -1.05. The molecule has 0 saturated carbocycles. The fourth-order valence-electron chi connectivity index (χ4n) is 2.93.